The van der Waals surface area contributed by atoms with Crippen molar-refractivity contribution in [2.24, 2.45) is 17.8 Å². The van der Waals surface area contributed by atoms with Crippen LogP contribution in [0, 0.1) is 17.8 Å². The maximum Gasteiger partial charge on any atom is 0.223 e. The summed E-state index contributed by atoms with van der Waals surface area (Å²) in [5.41, 5.74) is 0. The lowest BCUT2D eigenvalue weighted by Crippen LogP contribution is -2.33. The number of fused-ring (bicyclic) bond motifs is 1. The molecule has 3 heteroatoms. The zero-order chi connectivity index (χ0) is 12.4. The normalized spacial score (nSPS) is 28.6. The Kier molecular flexibility index (Phi) is 3.22. The quantitative estimate of drug-likeness (QED) is 0.808. The number of hydrogen-bond donors (Lipinski definition) is 1. The molecule has 3 rings (SSSR count). The molecule has 2 atom stereocenters. The second-order valence-corrected chi connectivity index (χ2v) is 5.38. The van der Waals surface area contributed by atoms with Crippen LogP contribution in [0.25, 0.3) is 0 Å². The van der Waals surface area contributed by atoms with Crippen LogP contribution in [0.3, 0.4) is 0 Å². The van der Waals surface area contributed by atoms with E-state index in [2.05, 4.69) is 5.32 Å². The van der Waals surface area contributed by atoms with Gasteiger partial charge in [-0.05, 0) is 43.2 Å². The van der Waals surface area contributed by atoms with Gasteiger partial charge in [-0.1, -0.05) is 18.2 Å². The van der Waals surface area contributed by atoms with Crippen molar-refractivity contribution < 1.29 is 9.53 Å². The Morgan fingerprint density at radius 3 is 2.61 bits per heavy atom. The van der Waals surface area contributed by atoms with Crippen LogP contribution in [0.5, 0.6) is 5.75 Å². The summed E-state index contributed by atoms with van der Waals surface area (Å²) in [7, 11) is 0. The Labute approximate surface area is 108 Å². The van der Waals surface area contributed by atoms with Crippen molar-refractivity contribution >= 4 is 5.91 Å². The SMILES string of the molecule is O=C(NCCOc1ccccc1)C1CC2CC2C1. The summed E-state index contributed by atoms with van der Waals surface area (Å²) in [6.45, 7) is 1.13. The van der Waals surface area contributed by atoms with Gasteiger partial charge >= 0.3 is 0 Å². The fourth-order valence-electron chi connectivity index (χ4n) is 2.93. The van der Waals surface area contributed by atoms with Gasteiger partial charge in [0.25, 0.3) is 0 Å². The molecule has 2 unspecified atom stereocenters. The number of hydrogen-bond acceptors (Lipinski definition) is 2. The van der Waals surface area contributed by atoms with Crippen molar-refractivity contribution in [3.63, 3.8) is 0 Å². The third-order valence-electron chi connectivity index (χ3n) is 4.03. The predicted octanol–water partition coefficient (Wildman–Crippen LogP) is 2.23. The Bertz CT molecular complexity index is 408. The Morgan fingerprint density at radius 1 is 1.17 bits per heavy atom. The lowest BCUT2D eigenvalue weighted by atomic mass is 10.0. The molecular formula is C15H19NO2. The summed E-state index contributed by atoms with van der Waals surface area (Å²) in [6, 6.07) is 9.69. The van der Waals surface area contributed by atoms with E-state index in [-0.39, 0.29) is 11.8 Å². The minimum atomic E-state index is 0.221. The molecule has 0 bridgehead atoms. The molecule has 0 aliphatic heterocycles. The van der Waals surface area contributed by atoms with Gasteiger partial charge in [0, 0.05) is 5.92 Å². The monoisotopic (exact) mass is 245 g/mol. The van der Waals surface area contributed by atoms with E-state index < -0.39 is 0 Å². The van der Waals surface area contributed by atoms with Crippen LogP contribution >= 0.6 is 0 Å². The highest BCUT2D eigenvalue weighted by molar-refractivity contribution is 5.79. The number of carbonyl (C=O) groups excluding carboxylic acids is 1. The minimum absolute atomic E-state index is 0.221. The van der Waals surface area contributed by atoms with E-state index in [1.807, 2.05) is 30.3 Å². The van der Waals surface area contributed by atoms with Crippen LogP contribution in [-0.2, 0) is 4.79 Å². The third kappa shape index (κ3) is 2.66. The van der Waals surface area contributed by atoms with Crippen LogP contribution in [0.4, 0.5) is 0 Å². The summed E-state index contributed by atoms with van der Waals surface area (Å²) in [5, 5.41) is 2.97. The summed E-state index contributed by atoms with van der Waals surface area (Å²) >= 11 is 0. The van der Waals surface area contributed by atoms with Crippen molar-refractivity contribution in [3.8, 4) is 5.75 Å². The Morgan fingerprint density at radius 2 is 1.89 bits per heavy atom. The molecule has 0 aromatic heterocycles. The fraction of sp³-hybridized carbons (Fsp3) is 0.533. The van der Waals surface area contributed by atoms with Gasteiger partial charge < -0.3 is 10.1 Å². The average Bonchev–Trinajstić information content (AvgIpc) is 3.02. The van der Waals surface area contributed by atoms with E-state index in [1.165, 1.54) is 6.42 Å². The van der Waals surface area contributed by atoms with Crippen molar-refractivity contribution in [1.29, 1.82) is 0 Å². The number of benzene rings is 1. The molecule has 2 saturated carbocycles. The smallest absolute Gasteiger partial charge is 0.223 e. The molecule has 1 amide bonds. The number of rotatable bonds is 5. The summed E-state index contributed by atoms with van der Waals surface area (Å²) in [5.74, 6) is 3.07. The highest BCUT2D eigenvalue weighted by atomic mass is 16.5. The zero-order valence-corrected chi connectivity index (χ0v) is 10.5. The molecule has 18 heavy (non-hydrogen) atoms. The Hall–Kier alpha value is -1.51. The van der Waals surface area contributed by atoms with Gasteiger partial charge in [0.15, 0.2) is 0 Å². The van der Waals surface area contributed by atoms with Gasteiger partial charge in [0.05, 0.1) is 6.54 Å². The number of nitrogens with one attached hydrogen (secondary N) is 1. The topological polar surface area (TPSA) is 38.3 Å². The minimum Gasteiger partial charge on any atom is -0.492 e. The van der Waals surface area contributed by atoms with Gasteiger partial charge in [-0.3, -0.25) is 4.79 Å². The molecule has 3 nitrogen and oxygen atoms in total. The molecule has 2 aliphatic carbocycles. The third-order valence-corrected chi connectivity index (χ3v) is 4.03. The first kappa shape index (κ1) is 11.6. The number of para-hydroxylation sites is 1. The van der Waals surface area contributed by atoms with Crippen molar-refractivity contribution in [2.45, 2.75) is 19.3 Å². The molecule has 1 aromatic rings. The first-order valence-electron chi connectivity index (χ1n) is 6.78. The Balaban J connectivity index is 1.33. The molecule has 0 heterocycles. The largest absolute Gasteiger partial charge is 0.492 e. The molecule has 2 fully saturated rings. The van der Waals surface area contributed by atoms with Crippen LogP contribution in [0.2, 0.25) is 0 Å². The summed E-state index contributed by atoms with van der Waals surface area (Å²) in [6.07, 6.45) is 3.58. The molecule has 96 valence electrons. The van der Waals surface area contributed by atoms with Crippen molar-refractivity contribution in [2.75, 3.05) is 13.2 Å². The molecule has 2 aliphatic rings. The lowest BCUT2D eigenvalue weighted by molar-refractivity contribution is -0.125. The van der Waals surface area contributed by atoms with Gasteiger partial charge in [0.1, 0.15) is 12.4 Å². The van der Waals surface area contributed by atoms with Gasteiger partial charge in [-0.2, -0.15) is 0 Å². The maximum absolute atomic E-state index is 11.9. The molecule has 1 N–H and O–H groups in total. The molecule has 1 aromatic carbocycles. The maximum atomic E-state index is 11.9. The van der Waals surface area contributed by atoms with Crippen LogP contribution < -0.4 is 10.1 Å². The van der Waals surface area contributed by atoms with Gasteiger partial charge in [-0.15, -0.1) is 0 Å². The summed E-state index contributed by atoms with van der Waals surface area (Å²) < 4.78 is 5.53. The van der Waals surface area contributed by atoms with E-state index in [0.29, 0.717) is 13.2 Å². The standard InChI is InChI=1S/C15H19NO2/c17-15(13-9-11-8-12(11)10-13)16-6-7-18-14-4-2-1-3-5-14/h1-5,11-13H,6-10H2,(H,16,17). The summed E-state index contributed by atoms with van der Waals surface area (Å²) in [4.78, 5) is 11.9. The van der Waals surface area contributed by atoms with Crippen LogP contribution in [0.15, 0.2) is 30.3 Å². The van der Waals surface area contributed by atoms with Crippen molar-refractivity contribution in [3.05, 3.63) is 30.3 Å². The van der Waals surface area contributed by atoms with Crippen LogP contribution in [0.1, 0.15) is 19.3 Å². The lowest BCUT2D eigenvalue weighted by Gasteiger charge is -2.12. The van der Waals surface area contributed by atoms with Crippen LogP contribution in [-0.4, -0.2) is 19.1 Å². The van der Waals surface area contributed by atoms with Crippen molar-refractivity contribution in [1.82, 2.24) is 5.32 Å². The number of amides is 1. The fourth-order valence-corrected chi connectivity index (χ4v) is 2.93. The molecule has 0 spiro atoms. The van der Waals surface area contributed by atoms with E-state index in [4.69, 9.17) is 4.74 Å². The van der Waals surface area contributed by atoms with Gasteiger partial charge in [-0.25, -0.2) is 0 Å². The number of ether oxygens (including phenoxy) is 1. The molecule has 0 saturated heterocycles. The zero-order valence-electron chi connectivity index (χ0n) is 10.5. The highest BCUT2D eigenvalue weighted by Gasteiger charge is 2.47. The van der Waals surface area contributed by atoms with E-state index in [0.717, 1.165) is 30.4 Å². The average molecular weight is 245 g/mol. The molecular weight excluding hydrogens is 226 g/mol. The highest BCUT2D eigenvalue weighted by Crippen LogP contribution is 2.54. The van der Waals surface area contributed by atoms with Gasteiger partial charge in [0.2, 0.25) is 5.91 Å². The number of carbonyl (C=O) groups is 1. The first-order valence-corrected chi connectivity index (χ1v) is 6.78. The van der Waals surface area contributed by atoms with E-state index in [1.54, 1.807) is 0 Å². The van der Waals surface area contributed by atoms with E-state index in [9.17, 15) is 4.79 Å². The first-order chi connectivity index (χ1) is 8.83. The predicted molar refractivity (Wildman–Crippen MR) is 69.3 cm³/mol. The van der Waals surface area contributed by atoms with E-state index >= 15 is 0 Å². The second kappa shape index (κ2) is 5.01. The molecule has 0 radical (unpaired) electrons. The second-order valence-electron chi connectivity index (χ2n) is 5.38.